The fourth-order valence-electron chi connectivity index (χ4n) is 3.79. The lowest BCUT2D eigenvalue weighted by atomic mass is 10.1. The number of hydrogen-bond donors (Lipinski definition) is 2. The Hall–Kier alpha value is -4.58. The predicted molar refractivity (Wildman–Crippen MR) is 125 cm³/mol. The summed E-state index contributed by atoms with van der Waals surface area (Å²) >= 11 is 0. The first kappa shape index (κ1) is 22.6. The van der Waals surface area contributed by atoms with Gasteiger partial charge < -0.3 is 11.1 Å². The minimum absolute atomic E-state index is 0.0208. The van der Waals surface area contributed by atoms with Crippen LogP contribution in [-0.4, -0.2) is 26.6 Å². The van der Waals surface area contributed by atoms with E-state index in [1.807, 2.05) is 31.2 Å². The molecule has 34 heavy (non-hydrogen) atoms. The molecule has 0 radical (unpaired) electrons. The highest BCUT2D eigenvalue weighted by Gasteiger charge is 2.20. The Labute approximate surface area is 194 Å². The standard InChI is InChI=1S/C25H21FN6O2/c1-14-23(15(2)32(31-14)13-17-8-6-16(7-9-17)10-11-27)30-25(34)21-12-18(24(28)33)22-19(26)4-3-5-20(22)29-21/h3-9,12H,10,13H2,1-2H3,(H2,28,33)(H,30,34). The summed E-state index contributed by atoms with van der Waals surface area (Å²) in [6, 6.07) is 15.1. The molecule has 0 atom stereocenters. The second-order valence-corrected chi connectivity index (χ2v) is 7.86. The highest BCUT2D eigenvalue weighted by atomic mass is 19.1. The first-order chi connectivity index (χ1) is 16.3. The van der Waals surface area contributed by atoms with E-state index in [0.717, 1.165) is 16.8 Å². The molecule has 2 amide bonds. The predicted octanol–water partition coefficient (Wildman–Crippen LogP) is 3.65. The van der Waals surface area contributed by atoms with E-state index in [0.29, 0.717) is 24.3 Å². The molecule has 0 aliphatic rings. The molecule has 2 heterocycles. The second kappa shape index (κ2) is 9.11. The Morgan fingerprint density at radius 2 is 1.85 bits per heavy atom. The van der Waals surface area contributed by atoms with E-state index in [2.05, 4.69) is 21.5 Å². The smallest absolute Gasteiger partial charge is 0.274 e. The number of primary amides is 1. The van der Waals surface area contributed by atoms with Crippen LogP contribution in [0.4, 0.5) is 10.1 Å². The van der Waals surface area contributed by atoms with Crippen molar-refractivity contribution < 1.29 is 14.0 Å². The Kier molecular flexibility index (Phi) is 6.06. The van der Waals surface area contributed by atoms with Crippen molar-refractivity contribution in [2.45, 2.75) is 26.8 Å². The van der Waals surface area contributed by atoms with Gasteiger partial charge >= 0.3 is 0 Å². The largest absolute Gasteiger partial charge is 0.366 e. The zero-order valence-electron chi connectivity index (χ0n) is 18.6. The maximum absolute atomic E-state index is 14.3. The van der Waals surface area contributed by atoms with Crippen LogP contribution >= 0.6 is 0 Å². The van der Waals surface area contributed by atoms with Crippen LogP contribution in [0, 0.1) is 31.0 Å². The third kappa shape index (κ3) is 4.34. The summed E-state index contributed by atoms with van der Waals surface area (Å²) in [4.78, 5) is 29.1. The number of benzene rings is 2. The Morgan fingerprint density at radius 1 is 1.15 bits per heavy atom. The first-order valence-electron chi connectivity index (χ1n) is 10.5. The van der Waals surface area contributed by atoms with Gasteiger partial charge in [-0.2, -0.15) is 10.4 Å². The number of anilines is 1. The van der Waals surface area contributed by atoms with Gasteiger partial charge in [0.15, 0.2) is 0 Å². The van der Waals surface area contributed by atoms with Gasteiger partial charge in [0, 0.05) is 5.39 Å². The van der Waals surface area contributed by atoms with Gasteiger partial charge in [-0.1, -0.05) is 30.3 Å². The van der Waals surface area contributed by atoms with E-state index >= 15 is 0 Å². The van der Waals surface area contributed by atoms with E-state index in [-0.39, 0.29) is 22.2 Å². The molecule has 0 aliphatic carbocycles. The number of rotatable bonds is 6. The average molecular weight is 456 g/mol. The van der Waals surface area contributed by atoms with Crippen LogP contribution in [0.15, 0.2) is 48.5 Å². The van der Waals surface area contributed by atoms with Gasteiger partial charge in [-0.15, -0.1) is 0 Å². The van der Waals surface area contributed by atoms with Crippen LogP contribution in [0.1, 0.15) is 43.4 Å². The van der Waals surface area contributed by atoms with Gasteiger partial charge in [-0.05, 0) is 43.2 Å². The minimum atomic E-state index is -0.854. The van der Waals surface area contributed by atoms with Crippen molar-refractivity contribution in [1.29, 1.82) is 5.26 Å². The molecule has 4 aromatic rings. The van der Waals surface area contributed by atoms with E-state index in [1.54, 1.807) is 11.6 Å². The molecule has 0 saturated heterocycles. The molecule has 0 fully saturated rings. The van der Waals surface area contributed by atoms with Gasteiger partial charge in [-0.25, -0.2) is 9.37 Å². The number of nitrogens with zero attached hydrogens (tertiary/aromatic N) is 4. The number of amides is 2. The maximum atomic E-state index is 14.3. The molecule has 2 aromatic heterocycles. The molecule has 0 bridgehead atoms. The van der Waals surface area contributed by atoms with Crippen LogP contribution in [0.2, 0.25) is 0 Å². The van der Waals surface area contributed by atoms with Crippen molar-refractivity contribution >= 4 is 28.4 Å². The molecule has 2 aromatic carbocycles. The van der Waals surface area contributed by atoms with E-state index in [4.69, 9.17) is 11.0 Å². The topological polar surface area (TPSA) is 127 Å². The Balaban J connectivity index is 1.62. The van der Waals surface area contributed by atoms with Crippen molar-refractivity contribution in [2.24, 2.45) is 5.73 Å². The highest BCUT2D eigenvalue weighted by molar-refractivity contribution is 6.10. The molecule has 3 N–H and O–H groups in total. The van der Waals surface area contributed by atoms with E-state index < -0.39 is 17.6 Å². The number of nitrogens with two attached hydrogens (primary N) is 1. The third-order valence-corrected chi connectivity index (χ3v) is 5.54. The van der Waals surface area contributed by atoms with Crippen molar-refractivity contribution in [3.05, 3.63) is 88.1 Å². The molecule has 9 heteroatoms. The number of pyridine rings is 1. The van der Waals surface area contributed by atoms with Crippen molar-refractivity contribution in [3.8, 4) is 6.07 Å². The number of nitriles is 1. The van der Waals surface area contributed by atoms with E-state index in [1.165, 1.54) is 24.3 Å². The number of carbonyl (C=O) groups is 2. The van der Waals surface area contributed by atoms with Crippen molar-refractivity contribution in [3.63, 3.8) is 0 Å². The van der Waals surface area contributed by atoms with E-state index in [9.17, 15) is 14.0 Å². The lowest BCUT2D eigenvalue weighted by molar-refractivity contribution is 0.100. The van der Waals surface area contributed by atoms with Crippen LogP contribution in [0.5, 0.6) is 0 Å². The summed E-state index contributed by atoms with van der Waals surface area (Å²) in [6.45, 7) is 4.08. The molecule has 0 aliphatic heterocycles. The summed E-state index contributed by atoms with van der Waals surface area (Å²) in [5, 5.41) is 16.1. The molecule has 0 spiro atoms. The van der Waals surface area contributed by atoms with Gasteiger partial charge in [0.2, 0.25) is 5.91 Å². The minimum Gasteiger partial charge on any atom is -0.366 e. The molecule has 8 nitrogen and oxygen atoms in total. The fourth-order valence-corrected chi connectivity index (χ4v) is 3.79. The normalized spacial score (nSPS) is 10.8. The number of fused-ring (bicyclic) bond motifs is 1. The summed E-state index contributed by atoms with van der Waals surface area (Å²) in [5.74, 6) is -2.06. The van der Waals surface area contributed by atoms with Gasteiger partial charge in [-0.3, -0.25) is 14.3 Å². The molecule has 0 saturated carbocycles. The summed E-state index contributed by atoms with van der Waals surface area (Å²) < 4.78 is 16.0. The molecule has 0 unspecified atom stereocenters. The number of aryl methyl sites for hydroxylation is 1. The summed E-state index contributed by atoms with van der Waals surface area (Å²) in [5.41, 5.74) is 9.20. The quantitative estimate of drug-likeness (QED) is 0.458. The third-order valence-electron chi connectivity index (χ3n) is 5.54. The molecule has 170 valence electrons. The van der Waals surface area contributed by atoms with Gasteiger partial charge in [0.05, 0.1) is 47.2 Å². The maximum Gasteiger partial charge on any atom is 0.274 e. The zero-order valence-corrected chi connectivity index (χ0v) is 18.6. The molecular formula is C25H21FN6O2. The highest BCUT2D eigenvalue weighted by Crippen LogP contribution is 2.24. The zero-order chi connectivity index (χ0) is 24.4. The van der Waals surface area contributed by atoms with Crippen LogP contribution < -0.4 is 11.1 Å². The van der Waals surface area contributed by atoms with Gasteiger partial charge in [0.1, 0.15) is 11.5 Å². The molecule has 4 rings (SSSR count). The summed E-state index contributed by atoms with van der Waals surface area (Å²) in [7, 11) is 0. The number of hydrogen-bond acceptors (Lipinski definition) is 5. The lowest BCUT2D eigenvalue weighted by Crippen LogP contribution is -2.18. The van der Waals surface area contributed by atoms with Crippen LogP contribution in [0.3, 0.4) is 0 Å². The van der Waals surface area contributed by atoms with Crippen LogP contribution in [0.25, 0.3) is 10.9 Å². The first-order valence-corrected chi connectivity index (χ1v) is 10.5. The number of aromatic nitrogens is 3. The number of carbonyl (C=O) groups excluding carboxylic acids is 2. The SMILES string of the molecule is Cc1nn(Cc2ccc(CC#N)cc2)c(C)c1NC(=O)c1cc(C(N)=O)c2c(F)cccc2n1. The Bertz CT molecular complexity index is 1470. The lowest BCUT2D eigenvalue weighted by Gasteiger charge is -2.10. The fraction of sp³-hybridized carbons (Fsp3) is 0.160. The number of halogens is 1. The summed E-state index contributed by atoms with van der Waals surface area (Å²) in [6.07, 6.45) is 0.350. The Morgan fingerprint density at radius 3 is 2.53 bits per heavy atom. The van der Waals surface area contributed by atoms with Crippen molar-refractivity contribution in [2.75, 3.05) is 5.32 Å². The van der Waals surface area contributed by atoms with Crippen molar-refractivity contribution in [1.82, 2.24) is 14.8 Å². The average Bonchev–Trinajstić information content (AvgIpc) is 3.07. The second-order valence-electron chi connectivity index (χ2n) is 7.86. The van der Waals surface area contributed by atoms with Gasteiger partial charge in [0.25, 0.3) is 5.91 Å². The monoisotopic (exact) mass is 456 g/mol. The number of nitrogens with one attached hydrogen (secondary N) is 1. The molecular weight excluding hydrogens is 435 g/mol. The van der Waals surface area contributed by atoms with Crippen LogP contribution in [-0.2, 0) is 13.0 Å².